The summed E-state index contributed by atoms with van der Waals surface area (Å²) in [7, 11) is 1.48. The topological polar surface area (TPSA) is 73.9 Å². The molecular formula is C21H24ClNO5. The second-order valence-corrected chi connectivity index (χ2v) is 6.84. The first-order chi connectivity index (χ1) is 13.2. The Morgan fingerprint density at radius 3 is 2.36 bits per heavy atom. The molecule has 0 aliphatic heterocycles. The van der Waals surface area contributed by atoms with Crippen LogP contribution in [0.2, 0.25) is 5.02 Å². The van der Waals surface area contributed by atoms with Crippen molar-refractivity contribution < 1.29 is 23.8 Å². The number of benzene rings is 2. The van der Waals surface area contributed by atoms with Gasteiger partial charge in [0.15, 0.2) is 12.7 Å². The Balaban J connectivity index is 1.95. The number of halogens is 1. The molecule has 0 bridgehead atoms. The monoisotopic (exact) mass is 405 g/mol. The predicted octanol–water partition coefficient (Wildman–Crippen LogP) is 4.22. The molecule has 1 N–H and O–H groups in total. The highest BCUT2D eigenvalue weighted by atomic mass is 35.5. The zero-order valence-corrected chi connectivity index (χ0v) is 17.3. The summed E-state index contributed by atoms with van der Waals surface area (Å²) in [5.41, 5.74) is 3.07. The lowest BCUT2D eigenvalue weighted by Crippen LogP contribution is -2.31. The maximum absolute atomic E-state index is 12.4. The minimum Gasteiger partial charge on any atom is -0.495 e. The number of amides is 1. The lowest BCUT2D eigenvalue weighted by molar-refractivity contribution is -0.155. The van der Waals surface area contributed by atoms with E-state index >= 15 is 0 Å². The number of nitrogens with one attached hydrogen (secondary N) is 1. The van der Waals surface area contributed by atoms with Crippen molar-refractivity contribution in [1.82, 2.24) is 0 Å². The Bertz CT molecular complexity index is 861. The van der Waals surface area contributed by atoms with Crippen LogP contribution in [0, 0.1) is 20.8 Å². The van der Waals surface area contributed by atoms with Crippen LogP contribution in [0.15, 0.2) is 30.3 Å². The summed E-state index contributed by atoms with van der Waals surface area (Å²) in [6.07, 6.45) is -1.00. The highest BCUT2D eigenvalue weighted by molar-refractivity contribution is 6.31. The molecule has 0 heterocycles. The van der Waals surface area contributed by atoms with Crippen LogP contribution in [0.1, 0.15) is 23.6 Å². The van der Waals surface area contributed by atoms with Crippen molar-refractivity contribution >= 4 is 29.2 Å². The summed E-state index contributed by atoms with van der Waals surface area (Å²) >= 11 is 6.06. The molecule has 2 aromatic rings. The third-order valence-electron chi connectivity index (χ3n) is 4.16. The molecule has 150 valence electrons. The third-order valence-corrected chi connectivity index (χ3v) is 4.57. The van der Waals surface area contributed by atoms with Crippen molar-refractivity contribution in [3.63, 3.8) is 0 Å². The van der Waals surface area contributed by atoms with Gasteiger partial charge in [0.2, 0.25) is 0 Å². The number of hydrogen-bond acceptors (Lipinski definition) is 5. The molecule has 0 saturated carbocycles. The van der Waals surface area contributed by atoms with Crippen LogP contribution in [0.4, 0.5) is 5.69 Å². The second kappa shape index (κ2) is 9.46. The van der Waals surface area contributed by atoms with E-state index in [9.17, 15) is 9.59 Å². The number of anilines is 1. The molecule has 0 saturated heterocycles. The van der Waals surface area contributed by atoms with E-state index < -0.39 is 18.0 Å². The van der Waals surface area contributed by atoms with E-state index in [4.69, 9.17) is 25.8 Å². The molecule has 0 aliphatic carbocycles. The summed E-state index contributed by atoms with van der Waals surface area (Å²) in [6.45, 7) is 6.80. The van der Waals surface area contributed by atoms with E-state index in [1.807, 2.05) is 39.0 Å². The smallest absolute Gasteiger partial charge is 0.344 e. The summed E-state index contributed by atoms with van der Waals surface area (Å²) in [5.74, 6) is -0.0660. The molecule has 28 heavy (non-hydrogen) atoms. The molecule has 2 rings (SSSR count). The SMILES string of the molecule is COc1cc(Cl)c(C)cc1NC(=O)[C@@H](C)OC(=O)COc1c(C)cccc1C. The van der Waals surface area contributed by atoms with E-state index in [1.165, 1.54) is 14.0 Å². The number of hydrogen-bond donors (Lipinski definition) is 1. The van der Waals surface area contributed by atoms with Crippen LogP contribution < -0.4 is 14.8 Å². The molecular weight excluding hydrogens is 382 g/mol. The largest absolute Gasteiger partial charge is 0.495 e. The standard InChI is InChI=1S/C21H24ClNO5/c1-12-7-6-8-13(2)20(12)27-11-19(24)28-15(4)21(25)23-17-9-14(3)16(22)10-18(17)26-5/h6-10,15H,11H2,1-5H3,(H,23,25)/t15-/m1/s1. The molecule has 7 heteroatoms. The van der Waals surface area contributed by atoms with Crippen molar-refractivity contribution in [3.05, 3.63) is 52.0 Å². The summed E-state index contributed by atoms with van der Waals surface area (Å²) < 4.78 is 15.9. The number of rotatable bonds is 7. The average Bonchev–Trinajstić information content (AvgIpc) is 2.63. The quantitative estimate of drug-likeness (QED) is 0.698. The first-order valence-electron chi connectivity index (χ1n) is 8.76. The van der Waals surface area contributed by atoms with Gasteiger partial charge < -0.3 is 19.5 Å². The molecule has 0 aromatic heterocycles. The first kappa shape index (κ1) is 21.6. The maximum atomic E-state index is 12.4. The van der Waals surface area contributed by atoms with Gasteiger partial charge in [-0.1, -0.05) is 29.8 Å². The molecule has 0 spiro atoms. The van der Waals surface area contributed by atoms with Gasteiger partial charge in [0.05, 0.1) is 12.8 Å². The van der Waals surface area contributed by atoms with Crippen LogP contribution in [-0.2, 0) is 14.3 Å². The minimum atomic E-state index is -1.00. The van der Waals surface area contributed by atoms with Crippen LogP contribution >= 0.6 is 11.6 Å². The third kappa shape index (κ3) is 5.39. The van der Waals surface area contributed by atoms with Gasteiger partial charge in [0.1, 0.15) is 11.5 Å². The van der Waals surface area contributed by atoms with Crippen molar-refractivity contribution in [2.75, 3.05) is 19.0 Å². The number of carbonyl (C=O) groups excluding carboxylic acids is 2. The Kier molecular flexibility index (Phi) is 7.29. The van der Waals surface area contributed by atoms with E-state index in [2.05, 4.69) is 5.32 Å². The van der Waals surface area contributed by atoms with Gasteiger partial charge in [-0.25, -0.2) is 4.79 Å². The average molecular weight is 406 g/mol. The number of esters is 1. The molecule has 1 amide bonds. The number of para-hydroxylation sites is 1. The Hall–Kier alpha value is -2.73. The Morgan fingerprint density at radius 2 is 1.75 bits per heavy atom. The number of methoxy groups -OCH3 is 1. The fraction of sp³-hybridized carbons (Fsp3) is 0.333. The summed E-state index contributed by atoms with van der Waals surface area (Å²) in [4.78, 5) is 24.4. The second-order valence-electron chi connectivity index (χ2n) is 6.43. The van der Waals surface area contributed by atoms with E-state index in [1.54, 1.807) is 12.1 Å². The normalized spacial score (nSPS) is 11.5. The number of ether oxygens (including phenoxy) is 3. The van der Waals surface area contributed by atoms with Crippen molar-refractivity contribution in [3.8, 4) is 11.5 Å². The predicted molar refractivity (Wildman–Crippen MR) is 108 cm³/mol. The van der Waals surface area contributed by atoms with Crippen molar-refractivity contribution in [1.29, 1.82) is 0 Å². The van der Waals surface area contributed by atoms with Gasteiger partial charge in [-0.05, 0) is 50.5 Å². The van der Waals surface area contributed by atoms with E-state index in [0.717, 1.165) is 16.7 Å². The van der Waals surface area contributed by atoms with Crippen molar-refractivity contribution in [2.45, 2.75) is 33.8 Å². The van der Waals surface area contributed by atoms with Gasteiger partial charge in [0, 0.05) is 11.1 Å². The van der Waals surface area contributed by atoms with Gasteiger partial charge in [-0.15, -0.1) is 0 Å². The minimum absolute atomic E-state index is 0.285. The lowest BCUT2D eigenvalue weighted by Gasteiger charge is -2.17. The number of carbonyl (C=O) groups is 2. The fourth-order valence-corrected chi connectivity index (χ4v) is 2.76. The van der Waals surface area contributed by atoms with Crippen LogP contribution in [-0.4, -0.2) is 31.7 Å². The number of aryl methyl sites for hydroxylation is 3. The first-order valence-corrected chi connectivity index (χ1v) is 9.14. The van der Waals surface area contributed by atoms with Crippen LogP contribution in [0.3, 0.4) is 0 Å². The van der Waals surface area contributed by atoms with Crippen molar-refractivity contribution in [2.24, 2.45) is 0 Å². The molecule has 2 aromatic carbocycles. The van der Waals surface area contributed by atoms with Crippen LogP contribution in [0.25, 0.3) is 0 Å². The molecule has 0 aliphatic rings. The van der Waals surface area contributed by atoms with Gasteiger partial charge in [0.25, 0.3) is 5.91 Å². The molecule has 0 fully saturated rings. The van der Waals surface area contributed by atoms with Gasteiger partial charge >= 0.3 is 5.97 Å². The Labute approximate surface area is 169 Å². The zero-order valence-electron chi connectivity index (χ0n) is 16.6. The maximum Gasteiger partial charge on any atom is 0.344 e. The van der Waals surface area contributed by atoms with E-state index in [0.29, 0.717) is 22.2 Å². The van der Waals surface area contributed by atoms with E-state index in [-0.39, 0.29) is 6.61 Å². The molecule has 0 radical (unpaired) electrons. The van der Waals surface area contributed by atoms with Gasteiger partial charge in [-0.2, -0.15) is 0 Å². The lowest BCUT2D eigenvalue weighted by atomic mass is 10.1. The zero-order chi connectivity index (χ0) is 20.8. The fourth-order valence-electron chi connectivity index (χ4n) is 2.61. The molecule has 1 atom stereocenters. The van der Waals surface area contributed by atoms with Crippen LogP contribution in [0.5, 0.6) is 11.5 Å². The van der Waals surface area contributed by atoms with Gasteiger partial charge in [-0.3, -0.25) is 4.79 Å². The summed E-state index contributed by atoms with van der Waals surface area (Å²) in [6, 6.07) is 9.00. The Morgan fingerprint density at radius 1 is 1.11 bits per heavy atom. The highest BCUT2D eigenvalue weighted by Crippen LogP contribution is 2.31. The highest BCUT2D eigenvalue weighted by Gasteiger charge is 2.20. The molecule has 0 unspecified atom stereocenters. The summed E-state index contributed by atoms with van der Waals surface area (Å²) in [5, 5.41) is 3.21. The molecule has 6 nitrogen and oxygen atoms in total.